The van der Waals surface area contributed by atoms with Gasteiger partial charge < -0.3 is 19.5 Å². The number of hydrogen-bond donors (Lipinski definition) is 2. The first-order valence-corrected chi connectivity index (χ1v) is 13.4. The Morgan fingerprint density at radius 1 is 1.24 bits per heavy atom. The molecule has 182 valence electrons. The molecule has 1 unspecified atom stereocenters. The van der Waals surface area contributed by atoms with E-state index in [0.29, 0.717) is 42.8 Å². The fourth-order valence-electron chi connectivity index (χ4n) is 5.51. The van der Waals surface area contributed by atoms with Crippen LogP contribution < -0.4 is 19.5 Å². The van der Waals surface area contributed by atoms with Crippen LogP contribution in [-0.4, -0.2) is 45.9 Å². The molecule has 0 bridgehead atoms. The molecule has 4 atom stereocenters. The summed E-state index contributed by atoms with van der Waals surface area (Å²) in [5.74, 6) is 1.75. The Morgan fingerprint density at radius 3 is 2.76 bits per heavy atom. The number of benzene rings is 2. The van der Waals surface area contributed by atoms with Crippen LogP contribution in [0.2, 0.25) is 5.02 Å². The molecule has 2 aromatic rings. The van der Waals surface area contributed by atoms with Gasteiger partial charge in [-0.05, 0) is 61.4 Å². The zero-order valence-corrected chi connectivity index (χ0v) is 20.4. The average Bonchev–Trinajstić information content (AvgIpc) is 2.93. The second-order valence-electron chi connectivity index (χ2n) is 9.59. The molecule has 34 heavy (non-hydrogen) atoms. The molecule has 1 spiro atoms. The fraction of sp³-hybridized carbons (Fsp3) is 0.440. The third-order valence-corrected chi connectivity index (χ3v) is 8.71. The van der Waals surface area contributed by atoms with E-state index < -0.39 is 16.1 Å². The van der Waals surface area contributed by atoms with Crippen molar-refractivity contribution in [3.63, 3.8) is 0 Å². The van der Waals surface area contributed by atoms with E-state index in [9.17, 15) is 13.5 Å². The number of ether oxygens (including phenoxy) is 2. The molecule has 1 aliphatic carbocycles. The van der Waals surface area contributed by atoms with Crippen LogP contribution in [0, 0.1) is 11.8 Å². The Hall–Kier alpha value is -2.26. The summed E-state index contributed by atoms with van der Waals surface area (Å²) in [6, 6.07) is 10.5. The van der Waals surface area contributed by atoms with Crippen LogP contribution in [0.5, 0.6) is 11.5 Å². The molecule has 1 fully saturated rings. The smallest absolute Gasteiger partial charge is 0.238 e. The standard InChI is InChI=1S/C25H29ClN2O5S/c1-2-22(29)19-6-3-16(19)13-28-14-25(9-10-32-24-11-17(26)4-7-20(24)25)15-33-23-8-5-18(12-21(23)28)34(27,30)31/h2,4-5,7-8,11-12,16,19,22,29H,1,3,6,9-10,13-15H2,(H2,27,30,31)/t16-,19+,22?,25-/m0/s1. The number of nitrogens with two attached hydrogens (primary N) is 1. The molecule has 2 heterocycles. The van der Waals surface area contributed by atoms with Gasteiger partial charge in [-0.15, -0.1) is 6.58 Å². The maximum atomic E-state index is 12.1. The number of halogens is 1. The van der Waals surface area contributed by atoms with Crippen LogP contribution in [0.15, 0.2) is 53.9 Å². The monoisotopic (exact) mass is 504 g/mol. The normalized spacial score (nSPS) is 26.9. The SMILES string of the molecule is C=CC(O)[C@@H]1CC[C@H]1CN1C[C@@]2(CCOc3cc(Cl)ccc32)COc2ccc(S(N)(=O)=O)cc21. The molecule has 0 aromatic heterocycles. The van der Waals surface area contributed by atoms with Gasteiger partial charge in [0.15, 0.2) is 0 Å². The van der Waals surface area contributed by atoms with Crippen molar-refractivity contribution in [2.24, 2.45) is 17.0 Å². The summed E-state index contributed by atoms with van der Waals surface area (Å²) >= 11 is 6.23. The van der Waals surface area contributed by atoms with E-state index in [1.165, 1.54) is 6.07 Å². The van der Waals surface area contributed by atoms with Crippen LogP contribution in [0.1, 0.15) is 24.8 Å². The van der Waals surface area contributed by atoms with Crippen LogP contribution in [-0.2, 0) is 15.4 Å². The maximum absolute atomic E-state index is 12.1. The van der Waals surface area contributed by atoms with Crippen molar-refractivity contribution in [1.29, 1.82) is 0 Å². The predicted molar refractivity (Wildman–Crippen MR) is 131 cm³/mol. The molecule has 0 radical (unpaired) electrons. The van der Waals surface area contributed by atoms with Gasteiger partial charge in [0.1, 0.15) is 11.5 Å². The fourth-order valence-corrected chi connectivity index (χ4v) is 6.20. The van der Waals surface area contributed by atoms with Crippen molar-refractivity contribution in [2.75, 3.05) is 31.2 Å². The number of nitrogens with zero attached hydrogens (tertiary/aromatic N) is 1. The minimum atomic E-state index is -3.88. The molecular formula is C25H29ClN2O5S. The highest BCUT2D eigenvalue weighted by atomic mass is 35.5. The molecule has 9 heteroatoms. The molecule has 0 saturated heterocycles. The lowest BCUT2D eigenvalue weighted by molar-refractivity contribution is 0.0458. The van der Waals surface area contributed by atoms with Crippen molar-refractivity contribution in [1.82, 2.24) is 0 Å². The van der Waals surface area contributed by atoms with E-state index >= 15 is 0 Å². The summed E-state index contributed by atoms with van der Waals surface area (Å²) in [5.41, 5.74) is 1.36. The summed E-state index contributed by atoms with van der Waals surface area (Å²) in [6.45, 7) is 5.97. The number of anilines is 1. The highest BCUT2D eigenvalue weighted by molar-refractivity contribution is 7.89. The molecule has 5 rings (SSSR count). The number of aliphatic hydroxyl groups excluding tert-OH is 1. The van der Waals surface area contributed by atoms with Crippen LogP contribution in [0.3, 0.4) is 0 Å². The van der Waals surface area contributed by atoms with E-state index in [4.69, 9.17) is 26.2 Å². The number of hydrogen-bond acceptors (Lipinski definition) is 6. The number of fused-ring (bicyclic) bond motifs is 3. The zero-order chi connectivity index (χ0) is 24.1. The van der Waals surface area contributed by atoms with Gasteiger partial charge >= 0.3 is 0 Å². The van der Waals surface area contributed by atoms with Crippen molar-refractivity contribution >= 4 is 27.3 Å². The largest absolute Gasteiger partial charge is 0.493 e. The number of sulfonamides is 1. The Bertz CT molecular complexity index is 1220. The Kier molecular flexibility index (Phi) is 6.04. The first-order valence-electron chi connectivity index (χ1n) is 11.5. The minimum absolute atomic E-state index is 0.0474. The lowest BCUT2D eigenvalue weighted by Crippen LogP contribution is -2.50. The zero-order valence-electron chi connectivity index (χ0n) is 18.8. The van der Waals surface area contributed by atoms with Crippen molar-refractivity contribution in [2.45, 2.75) is 35.7 Å². The van der Waals surface area contributed by atoms with Crippen LogP contribution in [0.4, 0.5) is 5.69 Å². The molecule has 2 aliphatic heterocycles. The molecule has 0 amide bonds. The van der Waals surface area contributed by atoms with Gasteiger partial charge in [-0.25, -0.2) is 13.6 Å². The topological polar surface area (TPSA) is 102 Å². The minimum Gasteiger partial charge on any atom is -0.493 e. The summed E-state index contributed by atoms with van der Waals surface area (Å²) < 4.78 is 36.5. The van der Waals surface area contributed by atoms with Crippen molar-refractivity contribution < 1.29 is 23.0 Å². The third kappa shape index (κ3) is 4.17. The van der Waals surface area contributed by atoms with Crippen LogP contribution in [0.25, 0.3) is 0 Å². The number of primary sulfonamides is 1. The Balaban J connectivity index is 1.57. The van der Waals surface area contributed by atoms with Gasteiger partial charge in [-0.3, -0.25) is 0 Å². The predicted octanol–water partition coefficient (Wildman–Crippen LogP) is 3.48. The number of rotatable bonds is 5. The highest BCUT2D eigenvalue weighted by Gasteiger charge is 2.45. The lowest BCUT2D eigenvalue weighted by atomic mass is 9.70. The molecule has 7 nitrogen and oxygen atoms in total. The van der Waals surface area contributed by atoms with E-state index in [-0.39, 0.29) is 22.1 Å². The first kappa shape index (κ1) is 23.5. The highest BCUT2D eigenvalue weighted by Crippen LogP contribution is 2.47. The van der Waals surface area contributed by atoms with E-state index in [1.54, 1.807) is 18.2 Å². The van der Waals surface area contributed by atoms with Crippen LogP contribution >= 0.6 is 11.6 Å². The molecule has 3 N–H and O–H groups in total. The van der Waals surface area contributed by atoms with Gasteiger partial charge in [0.25, 0.3) is 0 Å². The summed E-state index contributed by atoms with van der Waals surface area (Å²) in [4.78, 5) is 2.25. The average molecular weight is 505 g/mol. The van der Waals surface area contributed by atoms with E-state index in [0.717, 1.165) is 30.6 Å². The molecule has 3 aliphatic rings. The van der Waals surface area contributed by atoms with Gasteiger partial charge in [0.05, 0.1) is 35.3 Å². The van der Waals surface area contributed by atoms with Gasteiger partial charge in [-0.2, -0.15) is 0 Å². The summed E-state index contributed by atoms with van der Waals surface area (Å²) in [7, 11) is -3.88. The lowest BCUT2D eigenvalue weighted by Gasteiger charge is -2.45. The van der Waals surface area contributed by atoms with Crippen molar-refractivity contribution in [3.05, 3.63) is 59.6 Å². The van der Waals surface area contributed by atoms with Gasteiger partial charge in [0, 0.05) is 23.7 Å². The molecule has 2 aromatic carbocycles. The first-order chi connectivity index (χ1) is 16.2. The third-order valence-electron chi connectivity index (χ3n) is 7.56. The van der Waals surface area contributed by atoms with E-state index in [1.807, 2.05) is 18.2 Å². The quantitative estimate of drug-likeness (QED) is 0.604. The molecular weight excluding hydrogens is 476 g/mol. The number of aliphatic hydroxyl groups is 1. The van der Waals surface area contributed by atoms with Gasteiger partial charge in [-0.1, -0.05) is 23.7 Å². The second kappa shape index (κ2) is 8.75. The van der Waals surface area contributed by atoms with Crippen molar-refractivity contribution in [3.8, 4) is 11.5 Å². The Morgan fingerprint density at radius 2 is 2.06 bits per heavy atom. The summed E-state index contributed by atoms with van der Waals surface area (Å²) in [5, 5.41) is 16.4. The summed E-state index contributed by atoms with van der Waals surface area (Å²) in [6.07, 6.45) is 3.70. The Labute approximate surface area is 205 Å². The molecule has 1 saturated carbocycles. The maximum Gasteiger partial charge on any atom is 0.238 e. The van der Waals surface area contributed by atoms with E-state index in [2.05, 4.69) is 11.5 Å². The van der Waals surface area contributed by atoms with Gasteiger partial charge in [0.2, 0.25) is 10.0 Å². The second-order valence-corrected chi connectivity index (χ2v) is 11.6.